The summed E-state index contributed by atoms with van der Waals surface area (Å²) in [7, 11) is 0. The van der Waals surface area contributed by atoms with E-state index < -0.39 is 12.7 Å². The van der Waals surface area contributed by atoms with E-state index >= 15 is 0 Å². The van der Waals surface area contributed by atoms with Gasteiger partial charge >= 0.3 is 6.18 Å². The Bertz CT molecular complexity index is 302. The van der Waals surface area contributed by atoms with Gasteiger partial charge in [-0.05, 0) is 57.4 Å². The lowest BCUT2D eigenvalue weighted by molar-refractivity contribution is -0.147. The first-order valence-corrected chi connectivity index (χ1v) is 7.56. The second-order valence-electron chi connectivity index (χ2n) is 6.58. The molecule has 0 amide bonds. The molecular weight excluding hydrogens is 253 g/mol. The van der Waals surface area contributed by atoms with E-state index in [1.807, 2.05) is 0 Å². The minimum Gasteiger partial charge on any atom is -0.311 e. The lowest BCUT2D eigenvalue weighted by atomic mass is 9.89. The summed E-state index contributed by atoms with van der Waals surface area (Å²) in [4.78, 5) is 1.67. The molecule has 2 bridgehead atoms. The second-order valence-corrected chi connectivity index (χ2v) is 6.58. The smallest absolute Gasteiger partial charge is 0.311 e. The quantitative estimate of drug-likeness (QED) is 0.830. The van der Waals surface area contributed by atoms with E-state index in [9.17, 15) is 13.2 Å². The van der Waals surface area contributed by atoms with Crippen molar-refractivity contribution in [1.82, 2.24) is 10.2 Å². The van der Waals surface area contributed by atoms with Crippen LogP contribution in [0.2, 0.25) is 0 Å². The van der Waals surface area contributed by atoms with Crippen LogP contribution in [0, 0.1) is 5.92 Å². The summed E-state index contributed by atoms with van der Waals surface area (Å²) >= 11 is 0. The highest BCUT2D eigenvalue weighted by Gasteiger charge is 2.39. The molecule has 2 aliphatic heterocycles. The summed E-state index contributed by atoms with van der Waals surface area (Å²) in [5.74, 6) is 0.633. The van der Waals surface area contributed by atoms with Crippen LogP contribution in [-0.4, -0.2) is 42.3 Å². The predicted molar refractivity (Wildman–Crippen MR) is 67.9 cm³/mol. The minimum atomic E-state index is -4.05. The van der Waals surface area contributed by atoms with Crippen LogP contribution in [-0.2, 0) is 0 Å². The standard InChI is InChI=1S/C14H23F3N2/c15-14(16,17)9-19(13-3-4-13)6-5-10-7-11-1-2-12(8-10)18-11/h10-13,18H,1-9H2. The van der Waals surface area contributed by atoms with Crippen LogP contribution in [0.15, 0.2) is 0 Å². The van der Waals surface area contributed by atoms with Crippen molar-refractivity contribution in [3.8, 4) is 0 Å². The van der Waals surface area contributed by atoms with Crippen LogP contribution in [0.5, 0.6) is 0 Å². The molecule has 110 valence electrons. The Labute approximate surface area is 112 Å². The predicted octanol–water partition coefficient (Wildman–Crippen LogP) is 2.93. The number of hydrogen-bond donors (Lipinski definition) is 1. The van der Waals surface area contributed by atoms with Crippen molar-refractivity contribution in [1.29, 1.82) is 0 Å². The first-order chi connectivity index (χ1) is 8.99. The van der Waals surface area contributed by atoms with E-state index in [0.717, 1.165) is 19.3 Å². The van der Waals surface area contributed by atoms with Crippen LogP contribution in [0.25, 0.3) is 0 Å². The van der Waals surface area contributed by atoms with Crippen molar-refractivity contribution in [2.24, 2.45) is 5.92 Å². The van der Waals surface area contributed by atoms with Crippen molar-refractivity contribution in [2.75, 3.05) is 13.1 Å². The average Bonchev–Trinajstić information content (AvgIpc) is 3.10. The van der Waals surface area contributed by atoms with Crippen LogP contribution in [0.4, 0.5) is 13.2 Å². The Morgan fingerprint density at radius 1 is 1.00 bits per heavy atom. The molecule has 0 spiro atoms. The van der Waals surface area contributed by atoms with Gasteiger partial charge in [0.05, 0.1) is 6.54 Å². The Balaban J connectivity index is 1.47. The van der Waals surface area contributed by atoms with Gasteiger partial charge in [0.2, 0.25) is 0 Å². The van der Waals surface area contributed by atoms with Crippen molar-refractivity contribution >= 4 is 0 Å². The van der Waals surface area contributed by atoms with Crippen LogP contribution in [0.1, 0.15) is 44.9 Å². The lowest BCUT2D eigenvalue weighted by Gasteiger charge is -2.31. The number of nitrogens with zero attached hydrogens (tertiary/aromatic N) is 1. The topological polar surface area (TPSA) is 15.3 Å². The molecule has 2 atom stereocenters. The molecule has 2 heterocycles. The number of hydrogen-bond acceptors (Lipinski definition) is 2. The molecule has 2 nitrogen and oxygen atoms in total. The van der Waals surface area contributed by atoms with Gasteiger partial charge in [-0.3, -0.25) is 4.90 Å². The van der Waals surface area contributed by atoms with Crippen molar-refractivity contribution < 1.29 is 13.2 Å². The molecule has 3 rings (SSSR count). The fraction of sp³-hybridized carbons (Fsp3) is 1.00. The number of fused-ring (bicyclic) bond motifs is 2. The van der Waals surface area contributed by atoms with Crippen LogP contribution >= 0.6 is 0 Å². The molecule has 0 aromatic rings. The third-order valence-electron chi connectivity index (χ3n) is 4.84. The molecular formula is C14H23F3N2. The largest absolute Gasteiger partial charge is 0.401 e. The van der Waals surface area contributed by atoms with Gasteiger partial charge in [0.25, 0.3) is 0 Å². The Kier molecular flexibility index (Phi) is 3.78. The highest BCUT2D eigenvalue weighted by atomic mass is 19.4. The Hall–Kier alpha value is -0.290. The third kappa shape index (κ3) is 3.85. The molecule has 1 N–H and O–H groups in total. The molecule has 5 heteroatoms. The maximum Gasteiger partial charge on any atom is 0.401 e. The van der Waals surface area contributed by atoms with Gasteiger partial charge in [0.1, 0.15) is 0 Å². The Morgan fingerprint density at radius 3 is 2.16 bits per heavy atom. The van der Waals surface area contributed by atoms with Gasteiger partial charge in [-0.2, -0.15) is 13.2 Å². The van der Waals surface area contributed by atoms with Gasteiger partial charge in [-0.1, -0.05) is 0 Å². The number of nitrogens with one attached hydrogen (secondary N) is 1. The van der Waals surface area contributed by atoms with Gasteiger partial charge in [0, 0.05) is 18.1 Å². The SMILES string of the molecule is FC(F)(F)CN(CCC1CC2CCC(C1)N2)C1CC1. The molecule has 0 aromatic heterocycles. The zero-order valence-corrected chi connectivity index (χ0v) is 11.3. The van der Waals surface area contributed by atoms with E-state index in [2.05, 4.69) is 5.32 Å². The first kappa shape index (κ1) is 13.7. The van der Waals surface area contributed by atoms with Gasteiger partial charge in [-0.25, -0.2) is 0 Å². The van der Waals surface area contributed by atoms with E-state index in [1.165, 1.54) is 25.7 Å². The first-order valence-electron chi connectivity index (χ1n) is 7.56. The monoisotopic (exact) mass is 276 g/mol. The van der Waals surface area contributed by atoms with E-state index in [0.29, 0.717) is 24.5 Å². The van der Waals surface area contributed by atoms with Crippen LogP contribution < -0.4 is 5.32 Å². The van der Waals surface area contributed by atoms with E-state index in [1.54, 1.807) is 4.90 Å². The van der Waals surface area contributed by atoms with Crippen molar-refractivity contribution in [3.63, 3.8) is 0 Å². The molecule has 0 radical (unpaired) electrons. The van der Waals surface area contributed by atoms with Crippen molar-refractivity contribution in [2.45, 2.75) is 69.2 Å². The van der Waals surface area contributed by atoms with E-state index in [-0.39, 0.29) is 6.04 Å². The van der Waals surface area contributed by atoms with Crippen LogP contribution in [0.3, 0.4) is 0 Å². The average molecular weight is 276 g/mol. The fourth-order valence-electron chi connectivity index (χ4n) is 3.82. The molecule has 2 saturated heterocycles. The lowest BCUT2D eigenvalue weighted by Crippen LogP contribution is -2.41. The second kappa shape index (κ2) is 5.24. The molecule has 19 heavy (non-hydrogen) atoms. The summed E-state index contributed by atoms with van der Waals surface area (Å²) < 4.78 is 37.6. The Morgan fingerprint density at radius 2 is 1.63 bits per heavy atom. The van der Waals surface area contributed by atoms with E-state index in [4.69, 9.17) is 0 Å². The summed E-state index contributed by atoms with van der Waals surface area (Å²) in [6.45, 7) is -0.0796. The summed E-state index contributed by atoms with van der Waals surface area (Å²) in [5.41, 5.74) is 0. The number of piperidine rings is 1. The molecule has 1 aliphatic carbocycles. The molecule has 0 aromatic carbocycles. The maximum absolute atomic E-state index is 12.5. The van der Waals surface area contributed by atoms with Gasteiger partial charge in [0.15, 0.2) is 0 Å². The van der Waals surface area contributed by atoms with Gasteiger partial charge in [-0.15, -0.1) is 0 Å². The normalized spacial score (nSPS) is 35.1. The molecule has 2 unspecified atom stereocenters. The molecule has 1 saturated carbocycles. The number of halogens is 3. The summed E-state index contributed by atoms with van der Waals surface area (Å²) in [6, 6.07) is 1.49. The highest BCUT2D eigenvalue weighted by molar-refractivity contribution is 4.93. The molecule has 3 aliphatic rings. The summed E-state index contributed by atoms with van der Waals surface area (Å²) in [6.07, 6.45) is 3.66. The minimum absolute atomic E-state index is 0.208. The zero-order chi connectivity index (χ0) is 13.5. The number of alkyl halides is 3. The maximum atomic E-state index is 12.5. The third-order valence-corrected chi connectivity index (χ3v) is 4.84. The van der Waals surface area contributed by atoms with Crippen molar-refractivity contribution in [3.05, 3.63) is 0 Å². The summed E-state index contributed by atoms with van der Waals surface area (Å²) in [5, 5.41) is 3.59. The number of rotatable bonds is 5. The highest BCUT2D eigenvalue weighted by Crippen LogP contribution is 2.35. The van der Waals surface area contributed by atoms with Gasteiger partial charge < -0.3 is 5.32 Å². The molecule has 3 fully saturated rings. The fourth-order valence-corrected chi connectivity index (χ4v) is 3.82. The zero-order valence-electron chi connectivity index (χ0n) is 11.3.